The molecule has 0 atom stereocenters. The molecule has 0 aliphatic heterocycles. The van der Waals surface area contributed by atoms with Crippen molar-refractivity contribution in [3.63, 3.8) is 0 Å². The van der Waals surface area contributed by atoms with E-state index >= 15 is 0 Å². The Morgan fingerprint density at radius 1 is 1.19 bits per heavy atom. The summed E-state index contributed by atoms with van der Waals surface area (Å²) in [5, 5.41) is 6.07. The van der Waals surface area contributed by atoms with Gasteiger partial charge in [0.2, 0.25) is 5.91 Å². The van der Waals surface area contributed by atoms with Gasteiger partial charge in [-0.1, -0.05) is 12.1 Å². The normalized spacial score (nSPS) is 11.1. The van der Waals surface area contributed by atoms with Crippen molar-refractivity contribution in [1.29, 1.82) is 0 Å². The van der Waals surface area contributed by atoms with Crippen LogP contribution in [0.3, 0.4) is 0 Å². The van der Waals surface area contributed by atoms with Crippen molar-refractivity contribution >= 4 is 39.7 Å². The van der Waals surface area contributed by atoms with E-state index < -0.39 is 0 Å². The molecular formula is C19H17N3O2S2. The van der Waals surface area contributed by atoms with Crippen LogP contribution in [-0.2, 0) is 17.8 Å². The summed E-state index contributed by atoms with van der Waals surface area (Å²) in [6.45, 7) is 2.53. The number of carbonyl (C=O) groups excluding carboxylic acids is 1. The van der Waals surface area contributed by atoms with Gasteiger partial charge in [0, 0.05) is 23.1 Å². The minimum absolute atomic E-state index is 0.00768. The molecule has 1 amide bonds. The van der Waals surface area contributed by atoms with Gasteiger partial charge in [0.15, 0.2) is 11.5 Å². The van der Waals surface area contributed by atoms with E-state index in [1.54, 1.807) is 22.7 Å². The molecule has 0 saturated carbocycles. The van der Waals surface area contributed by atoms with E-state index in [2.05, 4.69) is 26.7 Å². The van der Waals surface area contributed by atoms with Crippen LogP contribution in [0, 0.1) is 6.92 Å². The van der Waals surface area contributed by atoms with E-state index in [4.69, 9.17) is 4.42 Å². The molecule has 0 aliphatic carbocycles. The van der Waals surface area contributed by atoms with Crippen LogP contribution in [-0.4, -0.2) is 15.9 Å². The highest BCUT2D eigenvalue weighted by Crippen LogP contribution is 2.28. The highest BCUT2D eigenvalue weighted by molar-refractivity contribution is 7.16. The first-order valence-corrected chi connectivity index (χ1v) is 9.99. The number of oxazole rings is 1. The van der Waals surface area contributed by atoms with Gasteiger partial charge in [-0.15, -0.1) is 22.7 Å². The topological polar surface area (TPSA) is 68.0 Å². The molecule has 3 heterocycles. The largest absolute Gasteiger partial charge is 0.441 e. The van der Waals surface area contributed by atoms with Crippen LogP contribution in [0.15, 0.2) is 46.2 Å². The first-order valence-electron chi connectivity index (χ1n) is 8.30. The predicted molar refractivity (Wildman–Crippen MR) is 104 cm³/mol. The fourth-order valence-corrected chi connectivity index (χ4v) is 4.20. The molecule has 0 radical (unpaired) electrons. The number of aromatic nitrogens is 2. The van der Waals surface area contributed by atoms with Crippen LogP contribution in [0.25, 0.3) is 21.7 Å². The molecule has 5 nitrogen and oxygen atoms in total. The molecule has 0 bridgehead atoms. The first-order chi connectivity index (χ1) is 12.7. The summed E-state index contributed by atoms with van der Waals surface area (Å²) in [5.74, 6) is 0.588. The molecule has 0 aliphatic rings. The van der Waals surface area contributed by atoms with E-state index in [-0.39, 0.29) is 5.91 Å². The second-order valence-electron chi connectivity index (χ2n) is 5.87. The molecule has 26 heavy (non-hydrogen) atoms. The molecule has 7 heteroatoms. The first kappa shape index (κ1) is 16.9. The van der Waals surface area contributed by atoms with Crippen LogP contribution in [0.2, 0.25) is 0 Å². The molecule has 4 rings (SSSR count). The van der Waals surface area contributed by atoms with Crippen molar-refractivity contribution in [2.24, 2.45) is 0 Å². The molecule has 1 aromatic carbocycles. The lowest BCUT2D eigenvalue weighted by Gasteiger charge is -2.02. The highest BCUT2D eigenvalue weighted by Gasteiger charge is 2.10. The Morgan fingerprint density at radius 3 is 2.88 bits per heavy atom. The maximum atomic E-state index is 12.1. The molecule has 0 fully saturated rings. The van der Waals surface area contributed by atoms with Gasteiger partial charge in [-0.2, -0.15) is 0 Å². The number of nitrogens with zero attached hydrogens (tertiary/aromatic N) is 2. The number of rotatable bonds is 6. The van der Waals surface area contributed by atoms with Crippen molar-refractivity contribution in [3.8, 4) is 10.6 Å². The summed E-state index contributed by atoms with van der Waals surface area (Å²) in [5.41, 5.74) is 2.59. The lowest BCUT2D eigenvalue weighted by molar-refractivity contribution is -0.121. The Morgan fingerprint density at radius 2 is 2.08 bits per heavy atom. The van der Waals surface area contributed by atoms with Gasteiger partial charge in [0.05, 0.1) is 22.1 Å². The zero-order valence-electron chi connectivity index (χ0n) is 14.2. The number of fused-ring (bicyclic) bond motifs is 1. The van der Waals surface area contributed by atoms with E-state index in [1.807, 2.05) is 37.3 Å². The van der Waals surface area contributed by atoms with Gasteiger partial charge in [-0.25, -0.2) is 9.97 Å². The zero-order chi connectivity index (χ0) is 17.9. The summed E-state index contributed by atoms with van der Waals surface area (Å²) < 4.78 is 5.64. The SMILES string of the molecule is Cc1nc(-c2ccc(CNC(=O)CCc3nc4ccccc4o3)s2)cs1. The molecule has 4 aromatic rings. The third kappa shape index (κ3) is 3.84. The van der Waals surface area contributed by atoms with Crippen molar-refractivity contribution in [2.45, 2.75) is 26.3 Å². The molecule has 0 saturated heterocycles. The standard InChI is InChI=1S/C19H17N3O2S2/c1-12-21-15(11-25-12)17-7-6-13(26-17)10-20-18(23)8-9-19-22-14-4-2-3-5-16(14)24-19/h2-7,11H,8-10H2,1H3,(H,20,23). The van der Waals surface area contributed by atoms with Gasteiger partial charge >= 0.3 is 0 Å². The van der Waals surface area contributed by atoms with Crippen molar-refractivity contribution in [1.82, 2.24) is 15.3 Å². The zero-order valence-corrected chi connectivity index (χ0v) is 15.8. The highest BCUT2D eigenvalue weighted by atomic mass is 32.1. The second-order valence-corrected chi connectivity index (χ2v) is 8.10. The number of aryl methyl sites for hydroxylation is 2. The molecule has 132 valence electrons. The lowest BCUT2D eigenvalue weighted by Crippen LogP contribution is -2.22. The minimum atomic E-state index is -0.00768. The third-order valence-corrected chi connectivity index (χ3v) is 5.78. The molecule has 0 spiro atoms. The Balaban J connectivity index is 1.29. The fourth-order valence-electron chi connectivity index (χ4n) is 2.61. The van der Waals surface area contributed by atoms with E-state index in [9.17, 15) is 4.79 Å². The Bertz CT molecular complexity index is 1010. The van der Waals surface area contributed by atoms with Gasteiger partial charge < -0.3 is 9.73 Å². The summed E-state index contributed by atoms with van der Waals surface area (Å²) >= 11 is 3.30. The van der Waals surface area contributed by atoms with E-state index in [0.29, 0.717) is 25.3 Å². The summed E-state index contributed by atoms with van der Waals surface area (Å²) in [6, 6.07) is 11.7. The minimum Gasteiger partial charge on any atom is -0.441 e. The number of para-hydroxylation sites is 2. The molecule has 0 unspecified atom stereocenters. The summed E-state index contributed by atoms with van der Waals surface area (Å²) in [7, 11) is 0. The average molecular weight is 383 g/mol. The fraction of sp³-hybridized carbons (Fsp3) is 0.211. The second kappa shape index (κ2) is 7.39. The Kier molecular flexibility index (Phi) is 4.81. The van der Waals surface area contributed by atoms with Crippen LogP contribution in [0.1, 0.15) is 22.2 Å². The molecular weight excluding hydrogens is 366 g/mol. The maximum absolute atomic E-state index is 12.1. The van der Waals surface area contributed by atoms with Gasteiger partial charge in [0.25, 0.3) is 0 Å². The number of amides is 1. The van der Waals surface area contributed by atoms with Gasteiger partial charge in [-0.3, -0.25) is 4.79 Å². The number of thiophene rings is 1. The average Bonchev–Trinajstić information content (AvgIpc) is 3.36. The number of benzene rings is 1. The molecule has 1 N–H and O–H groups in total. The monoisotopic (exact) mass is 383 g/mol. The Hall–Kier alpha value is -2.51. The quantitative estimate of drug-likeness (QED) is 0.529. The van der Waals surface area contributed by atoms with Crippen molar-refractivity contribution in [3.05, 3.63) is 57.6 Å². The predicted octanol–water partition coefficient (Wildman–Crippen LogP) is 4.57. The Labute approximate surface area is 158 Å². The van der Waals surface area contributed by atoms with E-state index in [0.717, 1.165) is 31.6 Å². The molecule has 3 aromatic heterocycles. The number of hydrogen-bond acceptors (Lipinski definition) is 6. The van der Waals surface area contributed by atoms with Crippen LogP contribution < -0.4 is 5.32 Å². The van der Waals surface area contributed by atoms with Gasteiger partial charge in [0.1, 0.15) is 5.52 Å². The smallest absolute Gasteiger partial charge is 0.220 e. The van der Waals surface area contributed by atoms with Crippen LogP contribution >= 0.6 is 22.7 Å². The van der Waals surface area contributed by atoms with Crippen LogP contribution in [0.4, 0.5) is 0 Å². The number of nitrogens with one attached hydrogen (secondary N) is 1. The number of carbonyl (C=O) groups is 1. The summed E-state index contributed by atoms with van der Waals surface area (Å²) in [6.07, 6.45) is 0.852. The van der Waals surface area contributed by atoms with Crippen molar-refractivity contribution in [2.75, 3.05) is 0 Å². The van der Waals surface area contributed by atoms with Crippen LogP contribution in [0.5, 0.6) is 0 Å². The third-order valence-electron chi connectivity index (χ3n) is 3.90. The lowest BCUT2D eigenvalue weighted by atomic mass is 10.3. The van der Waals surface area contributed by atoms with E-state index in [1.165, 1.54) is 0 Å². The number of hydrogen-bond donors (Lipinski definition) is 1. The summed E-state index contributed by atoms with van der Waals surface area (Å²) in [4.78, 5) is 23.2. The maximum Gasteiger partial charge on any atom is 0.220 e. The number of thiazole rings is 1. The van der Waals surface area contributed by atoms with Gasteiger partial charge in [-0.05, 0) is 31.2 Å². The van der Waals surface area contributed by atoms with Crippen molar-refractivity contribution < 1.29 is 9.21 Å².